The van der Waals surface area contributed by atoms with Crippen molar-refractivity contribution in [2.75, 3.05) is 0 Å². The Labute approximate surface area is 102 Å². The van der Waals surface area contributed by atoms with Crippen LogP contribution in [0.2, 0.25) is 0 Å². The second-order valence-electron chi connectivity index (χ2n) is 3.32. The number of benzene rings is 2. The molecule has 0 unspecified atom stereocenters. The van der Waals surface area contributed by atoms with Crippen molar-refractivity contribution in [2.24, 2.45) is 0 Å². The Balaban J connectivity index is 2.35. The second-order valence-corrected chi connectivity index (χ2v) is 4.43. The third kappa shape index (κ3) is 2.83. The third-order valence-electron chi connectivity index (χ3n) is 2.07. The fourth-order valence-corrected chi connectivity index (χ4v) is 2.33. The Morgan fingerprint density at radius 1 is 1.00 bits per heavy atom. The highest BCUT2D eigenvalue weighted by Crippen LogP contribution is 2.30. The fourth-order valence-electron chi connectivity index (χ4n) is 1.36. The van der Waals surface area contributed by atoms with Gasteiger partial charge < -0.3 is 0 Å². The summed E-state index contributed by atoms with van der Waals surface area (Å²) in [4.78, 5) is 1.12. The first kappa shape index (κ1) is 11.6. The van der Waals surface area contributed by atoms with Crippen molar-refractivity contribution in [3.63, 3.8) is 0 Å². The Hall–Kier alpha value is -1.86. The number of nitriles is 1. The lowest BCUT2D eigenvalue weighted by atomic mass is 10.2. The summed E-state index contributed by atoms with van der Waals surface area (Å²) in [5.41, 5.74) is 0.488. The molecule has 4 heteroatoms. The lowest BCUT2D eigenvalue weighted by molar-refractivity contribution is 0.577. The first-order valence-corrected chi connectivity index (χ1v) is 5.64. The third-order valence-corrected chi connectivity index (χ3v) is 3.12. The first-order valence-electron chi connectivity index (χ1n) is 4.82. The van der Waals surface area contributed by atoms with Gasteiger partial charge in [0, 0.05) is 15.9 Å². The van der Waals surface area contributed by atoms with Gasteiger partial charge in [0.2, 0.25) is 0 Å². The van der Waals surface area contributed by atoms with E-state index in [1.807, 2.05) is 6.07 Å². The van der Waals surface area contributed by atoms with E-state index in [1.165, 1.54) is 12.1 Å². The zero-order chi connectivity index (χ0) is 12.3. The maximum absolute atomic E-state index is 13.0. The van der Waals surface area contributed by atoms with Crippen molar-refractivity contribution in [2.45, 2.75) is 9.79 Å². The van der Waals surface area contributed by atoms with Crippen LogP contribution in [0.25, 0.3) is 0 Å². The molecule has 17 heavy (non-hydrogen) atoms. The molecule has 0 saturated heterocycles. The summed E-state index contributed by atoms with van der Waals surface area (Å²) in [6.45, 7) is 0. The van der Waals surface area contributed by atoms with Crippen molar-refractivity contribution < 1.29 is 8.78 Å². The van der Waals surface area contributed by atoms with Gasteiger partial charge in [-0.1, -0.05) is 23.9 Å². The maximum atomic E-state index is 13.0. The smallest absolute Gasteiger partial charge is 0.127 e. The highest BCUT2D eigenvalue weighted by atomic mass is 32.2. The van der Waals surface area contributed by atoms with Gasteiger partial charge in [-0.3, -0.25) is 0 Å². The second kappa shape index (κ2) is 4.98. The summed E-state index contributed by atoms with van der Waals surface area (Å²) in [5.74, 6) is -1.25. The van der Waals surface area contributed by atoms with E-state index >= 15 is 0 Å². The predicted molar refractivity (Wildman–Crippen MR) is 61.6 cm³/mol. The lowest BCUT2D eigenvalue weighted by Gasteiger charge is -2.03. The SMILES string of the molecule is N#Cc1ccccc1Sc1cc(F)cc(F)c1. The summed E-state index contributed by atoms with van der Waals surface area (Å²) in [6, 6.07) is 12.3. The molecular formula is C13H7F2NS. The van der Waals surface area contributed by atoms with Crippen LogP contribution in [0.3, 0.4) is 0 Å². The monoisotopic (exact) mass is 247 g/mol. The lowest BCUT2D eigenvalue weighted by Crippen LogP contribution is -1.84. The zero-order valence-corrected chi connectivity index (χ0v) is 9.47. The van der Waals surface area contributed by atoms with Crippen molar-refractivity contribution in [3.05, 3.63) is 59.7 Å². The Morgan fingerprint density at radius 3 is 2.29 bits per heavy atom. The number of hydrogen-bond acceptors (Lipinski definition) is 2. The van der Waals surface area contributed by atoms with Crippen LogP contribution >= 0.6 is 11.8 Å². The molecule has 0 N–H and O–H groups in total. The van der Waals surface area contributed by atoms with Crippen LogP contribution < -0.4 is 0 Å². The molecule has 0 aromatic heterocycles. The molecule has 0 heterocycles. The molecule has 0 radical (unpaired) electrons. The Bertz CT molecular complexity index is 570. The van der Waals surface area contributed by atoms with Gasteiger partial charge in [0.1, 0.15) is 17.7 Å². The minimum atomic E-state index is -0.623. The molecule has 2 aromatic carbocycles. The van der Waals surface area contributed by atoms with E-state index in [4.69, 9.17) is 5.26 Å². The molecule has 1 nitrogen and oxygen atoms in total. The van der Waals surface area contributed by atoms with Crippen LogP contribution in [0.4, 0.5) is 8.78 Å². The number of nitrogens with zero attached hydrogens (tertiary/aromatic N) is 1. The molecule has 0 fully saturated rings. The minimum Gasteiger partial charge on any atom is -0.207 e. The first-order chi connectivity index (χ1) is 8.19. The molecule has 0 atom stereocenters. The largest absolute Gasteiger partial charge is 0.207 e. The molecule has 84 valence electrons. The van der Waals surface area contributed by atoms with E-state index in [0.29, 0.717) is 15.4 Å². The number of hydrogen-bond donors (Lipinski definition) is 0. The Kier molecular flexibility index (Phi) is 3.40. The normalized spacial score (nSPS) is 9.94. The molecule has 2 aromatic rings. The van der Waals surface area contributed by atoms with Gasteiger partial charge in [0.25, 0.3) is 0 Å². The van der Waals surface area contributed by atoms with Gasteiger partial charge in [0.05, 0.1) is 5.56 Å². The van der Waals surface area contributed by atoms with E-state index in [-0.39, 0.29) is 0 Å². The Morgan fingerprint density at radius 2 is 1.65 bits per heavy atom. The van der Waals surface area contributed by atoms with Crippen molar-refractivity contribution >= 4 is 11.8 Å². The standard InChI is InChI=1S/C13H7F2NS/c14-10-5-11(15)7-12(6-10)17-13-4-2-1-3-9(13)8-16/h1-7H. The quantitative estimate of drug-likeness (QED) is 0.801. The summed E-state index contributed by atoms with van der Waals surface area (Å²) in [5, 5.41) is 8.89. The zero-order valence-electron chi connectivity index (χ0n) is 8.65. The molecule has 2 rings (SSSR count). The minimum absolute atomic E-state index is 0.435. The molecule has 0 aliphatic rings. The van der Waals surface area contributed by atoms with Crippen molar-refractivity contribution in [1.29, 1.82) is 5.26 Å². The van der Waals surface area contributed by atoms with Gasteiger partial charge in [-0.25, -0.2) is 8.78 Å². The van der Waals surface area contributed by atoms with Crippen LogP contribution in [-0.2, 0) is 0 Å². The van der Waals surface area contributed by atoms with E-state index in [9.17, 15) is 8.78 Å². The summed E-state index contributed by atoms with van der Waals surface area (Å²) >= 11 is 1.16. The van der Waals surface area contributed by atoms with Crippen LogP contribution in [0, 0.1) is 23.0 Å². The molecule has 0 bridgehead atoms. The van der Waals surface area contributed by atoms with Crippen molar-refractivity contribution in [1.82, 2.24) is 0 Å². The number of halogens is 2. The van der Waals surface area contributed by atoms with Gasteiger partial charge in [-0.2, -0.15) is 5.26 Å². The van der Waals surface area contributed by atoms with E-state index in [1.54, 1.807) is 24.3 Å². The van der Waals surface area contributed by atoms with Crippen LogP contribution in [0.15, 0.2) is 52.3 Å². The average molecular weight is 247 g/mol. The van der Waals surface area contributed by atoms with Gasteiger partial charge in [-0.15, -0.1) is 0 Å². The van der Waals surface area contributed by atoms with Gasteiger partial charge in [-0.05, 0) is 24.3 Å². The van der Waals surface area contributed by atoms with Crippen LogP contribution in [0.1, 0.15) is 5.56 Å². The highest BCUT2D eigenvalue weighted by molar-refractivity contribution is 7.99. The molecule has 0 spiro atoms. The van der Waals surface area contributed by atoms with E-state index < -0.39 is 11.6 Å². The summed E-state index contributed by atoms with van der Waals surface area (Å²) in [6.07, 6.45) is 0. The van der Waals surface area contributed by atoms with Crippen LogP contribution in [0.5, 0.6) is 0 Å². The van der Waals surface area contributed by atoms with Gasteiger partial charge in [0.15, 0.2) is 0 Å². The summed E-state index contributed by atoms with van der Waals surface area (Å²) < 4.78 is 26.0. The van der Waals surface area contributed by atoms with E-state index in [0.717, 1.165) is 17.8 Å². The predicted octanol–water partition coefficient (Wildman–Crippen LogP) is 3.99. The fraction of sp³-hybridized carbons (Fsp3) is 0. The molecule has 0 aliphatic carbocycles. The molecule has 0 aliphatic heterocycles. The average Bonchev–Trinajstić information content (AvgIpc) is 2.28. The van der Waals surface area contributed by atoms with E-state index in [2.05, 4.69) is 0 Å². The molecule has 0 saturated carbocycles. The molecular weight excluding hydrogens is 240 g/mol. The van der Waals surface area contributed by atoms with Crippen molar-refractivity contribution in [3.8, 4) is 6.07 Å². The highest BCUT2D eigenvalue weighted by Gasteiger charge is 2.06. The molecule has 0 amide bonds. The maximum Gasteiger partial charge on any atom is 0.127 e. The topological polar surface area (TPSA) is 23.8 Å². The van der Waals surface area contributed by atoms with Gasteiger partial charge >= 0.3 is 0 Å². The number of rotatable bonds is 2. The van der Waals surface area contributed by atoms with Crippen LogP contribution in [-0.4, -0.2) is 0 Å². The summed E-state index contributed by atoms with van der Waals surface area (Å²) in [7, 11) is 0.